The Hall–Kier alpha value is -2.62. The van der Waals surface area contributed by atoms with Crippen molar-refractivity contribution in [2.24, 2.45) is 0 Å². The van der Waals surface area contributed by atoms with E-state index in [4.69, 9.17) is 10.5 Å². The zero-order valence-corrected chi connectivity index (χ0v) is 13.3. The van der Waals surface area contributed by atoms with E-state index in [9.17, 15) is 0 Å². The summed E-state index contributed by atoms with van der Waals surface area (Å²) in [6.07, 6.45) is 3.28. The predicted octanol–water partition coefficient (Wildman–Crippen LogP) is 4.02. The standard InChI is InChI=1S/C18H21N3O/c1-12(2)16(13(3)4)11-22-18-17(20-9-10-21-18)14-5-7-15(19)8-6-14/h5-10H,1,11,19H2,2-4H3. The minimum Gasteiger partial charge on any atom is -0.471 e. The summed E-state index contributed by atoms with van der Waals surface area (Å²) in [4.78, 5) is 8.68. The Morgan fingerprint density at radius 3 is 2.32 bits per heavy atom. The van der Waals surface area contributed by atoms with Crippen molar-refractivity contribution in [1.82, 2.24) is 9.97 Å². The van der Waals surface area contributed by atoms with Gasteiger partial charge in [-0.2, -0.15) is 0 Å². The van der Waals surface area contributed by atoms with E-state index in [2.05, 4.69) is 16.5 Å². The second-order valence-corrected chi connectivity index (χ2v) is 5.38. The molecule has 1 heterocycles. The van der Waals surface area contributed by atoms with Crippen LogP contribution in [0.3, 0.4) is 0 Å². The van der Waals surface area contributed by atoms with Crippen LogP contribution in [0.5, 0.6) is 5.88 Å². The Bertz CT molecular complexity index is 699. The largest absolute Gasteiger partial charge is 0.471 e. The Labute approximate surface area is 131 Å². The maximum absolute atomic E-state index is 5.88. The summed E-state index contributed by atoms with van der Waals surface area (Å²) in [5, 5.41) is 0. The van der Waals surface area contributed by atoms with Crippen LogP contribution < -0.4 is 10.5 Å². The first-order valence-corrected chi connectivity index (χ1v) is 7.11. The topological polar surface area (TPSA) is 61.0 Å². The number of rotatable bonds is 5. The third-order valence-electron chi connectivity index (χ3n) is 3.32. The van der Waals surface area contributed by atoms with E-state index < -0.39 is 0 Å². The molecule has 114 valence electrons. The van der Waals surface area contributed by atoms with E-state index in [0.29, 0.717) is 23.9 Å². The SMILES string of the molecule is C=C(C)C(COc1nccnc1-c1ccc(N)cc1)=C(C)C. The molecule has 2 N–H and O–H groups in total. The number of nitrogens with two attached hydrogens (primary N) is 1. The minimum atomic E-state index is 0.429. The summed E-state index contributed by atoms with van der Waals surface area (Å²) in [6.45, 7) is 10.5. The van der Waals surface area contributed by atoms with E-state index in [1.807, 2.05) is 45.0 Å². The van der Waals surface area contributed by atoms with Crippen LogP contribution in [0.4, 0.5) is 5.69 Å². The fraction of sp³-hybridized carbons (Fsp3) is 0.222. The van der Waals surface area contributed by atoms with E-state index in [1.54, 1.807) is 12.4 Å². The molecule has 0 saturated heterocycles. The molecule has 0 saturated carbocycles. The van der Waals surface area contributed by atoms with Gasteiger partial charge in [0.15, 0.2) is 0 Å². The van der Waals surface area contributed by atoms with Crippen molar-refractivity contribution < 1.29 is 4.74 Å². The molecule has 0 bridgehead atoms. The monoisotopic (exact) mass is 295 g/mol. The maximum atomic E-state index is 5.88. The molecule has 0 aliphatic carbocycles. The van der Waals surface area contributed by atoms with Gasteiger partial charge < -0.3 is 10.5 Å². The molecular formula is C18H21N3O. The summed E-state index contributed by atoms with van der Waals surface area (Å²) < 4.78 is 5.88. The van der Waals surface area contributed by atoms with Gasteiger partial charge in [0.25, 0.3) is 0 Å². The molecule has 0 radical (unpaired) electrons. The number of allylic oxidation sites excluding steroid dienone is 1. The number of nitrogen functional groups attached to an aromatic ring is 1. The Balaban J connectivity index is 2.28. The highest BCUT2D eigenvalue weighted by Crippen LogP contribution is 2.27. The summed E-state index contributed by atoms with van der Waals surface area (Å²) in [7, 11) is 0. The third-order valence-corrected chi connectivity index (χ3v) is 3.32. The van der Waals surface area contributed by atoms with Gasteiger partial charge in [-0.3, -0.25) is 0 Å². The summed E-state index contributed by atoms with van der Waals surface area (Å²) in [6, 6.07) is 7.49. The van der Waals surface area contributed by atoms with E-state index in [-0.39, 0.29) is 0 Å². The van der Waals surface area contributed by atoms with Crippen LogP contribution in [0, 0.1) is 0 Å². The van der Waals surface area contributed by atoms with E-state index in [0.717, 1.165) is 16.7 Å². The van der Waals surface area contributed by atoms with Crippen molar-refractivity contribution in [2.75, 3.05) is 12.3 Å². The molecule has 2 rings (SSSR count). The highest BCUT2D eigenvalue weighted by Gasteiger charge is 2.11. The van der Waals surface area contributed by atoms with Gasteiger partial charge in [0, 0.05) is 23.6 Å². The lowest BCUT2D eigenvalue weighted by Crippen LogP contribution is -2.06. The van der Waals surface area contributed by atoms with Crippen molar-refractivity contribution >= 4 is 5.69 Å². The zero-order valence-electron chi connectivity index (χ0n) is 13.3. The summed E-state index contributed by atoms with van der Waals surface area (Å²) in [5.41, 5.74) is 11.3. The fourth-order valence-corrected chi connectivity index (χ4v) is 2.10. The van der Waals surface area contributed by atoms with Crippen molar-refractivity contribution in [3.63, 3.8) is 0 Å². The van der Waals surface area contributed by atoms with Crippen LogP contribution in [0.1, 0.15) is 20.8 Å². The number of hydrogen-bond donors (Lipinski definition) is 1. The zero-order chi connectivity index (χ0) is 16.1. The Morgan fingerprint density at radius 2 is 1.73 bits per heavy atom. The van der Waals surface area contributed by atoms with E-state index in [1.165, 1.54) is 5.57 Å². The third kappa shape index (κ3) is 3.73. The number of hydrogen-bond acceptors (Lipinski definition) is 4. The lowest BCUT2D eigenvalue weighted by atomic mass is 10.1. The fourth-order valence-electron chi connectivity index (χ4n) is 2.10. The molecular weight excluding hydrogens is 274 g/mol. The number of aromatic nitrogens is 2. The number of anilines is 1. The van der Waals surface area contributed by atoms with Gasteiger partial charge in [0.2, 0.25) is 5.88 Å². The summed E-state index contributed by atoms with van der Waals surface area (Å²) >= 11 is 0. The van der Waals surface area contributed by atoms with Gasteiger partial charge in [-0.1, -0.05) is 29.9 Å². The molecule has 0 amide bonds. The highest BCUT2D eigenvalue weighted by atomic mass is 16.5. The average Bonchev–Trinajstić information content (AvgIpc) is 2.48. The Morgan fingerprint density at radius 1 is 1.09 bits per heavy atom. The molecule has 0 aliphatic rings. The smallest absolute Gasteiger partial charge is 0.240 e. The second-order valence-electron chi connectivity index (χ2n) is 5.38. The van der Waals surface area contributed by atoms with Gasteiger partial charge in [-0.15, -0.1) is 0 Å². The molecule has 4 heteroatoms. The van der Waals surface area contributed by atoms with Crippen molar-refractivity contribution in [3.8, 4) is 17.1 Å². The molecule has 2 aromatic rings. The lowest BCUT2D eigenvalue weighted by Gasteiger charge is -2.13. The first-order valence-electron chi connectivity index (χ1n) is 7.11. The molecule has 1 aromatic heterocycles. The molecule has 1 aromatic carbocycles. The molecule has 4 nitrogen and oxygen atoms in total. The molecule has 0 aliphatic heterocycles. The second kappa shape index (κ2) is 6.89. The highest BCUT2D eigenvalue weighted by molar-refractivity contribution is 5.66. The van der Waals surface area contributed by atoms with Crippen molar-refractivity contribution in [1.29, 1.82) is 0 Å². The molecule has 0 unspecified atom stereocenters. The first kappa shape index (κ1) is 15.8. The minimum absolute atomic E-state index is 0.429. The van der Waals surface area contributed by atoms with Crippen LogP contribution in [0.25, 0.3) is 11.3 Å². The molecule has 22 heavy (non-hydrogen) atoms. The van der Waals surface area contributed by atoms with Crippen molar-refractivity contribution in [2.45, 2.75) is 20.8 Å². The molecule has 0 spiro atoms. The van der Waals surface area contributed by atoms with E-state index >= 15 is 0 Å². The van der Waals surface area contributed by atoms with Crippen molar-refractivity contribution in [3.05, 3.63) is 60.0 Å². The number of benzene rings is 1. The lowest BCUT2D eigenvalue weighted by molar-refractivity contribution is 0.339. The Kier molecular flexibility index (Phi) is 4.94. The summed E-state index contributed by atoms with van der Waals surface area (Å²) in [5.74, 6) is 0.507. The average molecular weight is 295 g/mol. The number of ether oxygens (including phenoxy) is 1. The van der Waals surface area contributed by atoms with Gasteiger partial charge in [-0.05, 0) is 38.5 Å². The molecule has 0 fully saturated rings. The van der Waals surface area contributed by atoms with Crippen LogP contribution in [-0.4, -0.2) is 16.6 Å². The maximum Gasteiger partial charge on any atom is 0.240 e. The van der Waals surface area contributed by atoms with Crippen LogP contribution in [0.15, 0.2) is 60.0 Å². The van der Waals surface area contributed by atoms with Gasteiger partial charge >= 0.3 is 0 Å². The molecule has 0 atom stereocenters. The van der Waals surface area contributed by atoms with Crippen LogP contribution in [0.2, 0.25) is 0 Å². The normalized spacial score (nSPS) is 10.1. The van der Waals surface area contributed by atoms with Gasteiger partial charge in [0.1, 0.15) is 12.3 Å². The van der Waals surface area contributed by atoms with Gasteiger partial charge in [0.05, 0.1) is 0 Å². The number of nitrogens with zero attached hydrogens (tertiary/aromatic N) is 2. The predicted molar refractivity (Wildman–Crippen MR) is 90.6 cm³/mol. The van der Waals surface area contributed by atoms with Crippen LogP contribution >= 0.6 is 0 Å². The van der Waals surface area contributed by atoms with Gasteiger partial charge in [-0.25, -0.2) is 9.97 Å². The van der Waals surface area contributed by atoms with Crippen LogP contribution in [-0.2, 0) is 0 Å². The first-order chi connectivity index (χ1) is 10.5. The quantitative estimate of drug-likeness (QED) is 0.668.